The Morgan fingerprint density at radius 2 is 1.78 bits per heavy atom. The monoisotopic (exact) mass is 449 g/mol. The third kappa shape index (κ3) is 4.81. The molecule has 0 aliphatic rings. The van der Waals surface area contributed by atoms with Gasteiger partial charge in [-0.05, 0) is 68.2 Å². The lowest BCUT2D eigenvalue weighted by Crippen LogP contribution is -2.21. The van der Waals surface area contributed by atoms with Gasteiger partial charge in [0.25, 0.3) is 0 Å². The lowest BCUT2D eigenvalue weighted by atomic mass is 10.1. The van der Waals surface area contributed by atoms with Gasteiger partial charge in [-0.25, -0.2) is 4.39 Å². The summed E-state index contributed by atoms with van der Waals surface area (Å²) < 4.78 is 15.3. The van der Waals surface area contributed by atoms with E-state index in [4.69, 9.17) is 0 Å². The fourth-order valence-corrected chi connectivity index (χ4v) is 4.06. The van der Waals surface area contributed by atoms with Crippen LogP contribution in [0.1, 0.15) is 18.8 Å². The molecule has 0 aliphatic carbocycles. The minimum atomic E-state index is -0.312. The Kier molecular flexibility index (Phi) is 6.53. The molecule has 1 amide bonds. The predicted molar refractivity (Wildman–Crippen MR) is 127 cm³/mol. The lowest BCUT2D eigenvalue weighted by molar-refractivity contribution is -0.113. The largest absolute Gasteiger partial charge is 0.325 e. The van der Waals surface area contributed by atoms with Crippen molar-refractivity contribution in [3.63, 3.8) is 0 Å². The molecule has 0 aliphatic heterocycles. The number of hydrogen-bond acceptors (Lipinski definition) is 5. The minimum Gasteiger partial charge on any atom is -0.325 e. The van der Waals surface area contributed by atoms with Crippen LogP contribution in [0.15, 0.2) is 71.9 Å². The van der Waals surface area contributed by atoms with E-state index in [-0.39, 0.29) is 23.5 Å². The maximum atomic E-state index is 13.5. The number of rotatable bonds is 7. The molecular formula is C24H24FN5OS. The van der Waals surface area contributed by atoms with Crippen molar-refractivity contribution in [3.05, 3.63) is 78.4 Å². The normalized spacial score (nSPS) is 12.3. The van der Waals surface area contributed by atoms with Gasteiger partial charge in [0, 0.05) is 11.4 Å². The van der Waals surface area contributed by atoms with E-state index < -0.39 is 0 Å². The molecule has 1 heterocycles. The summed E-state index contributed by atoms with van der Waals surface area (Å²) >= 11 is 1.29. The first-order valence-electron chi connectivity index (χ1n) is 10.2. The van der Waals surface area contributed by atoms with Gasteiger partial charge in [0.1, 0.15) is 5.82 Å². The van der Waals surface area contributed by atoms with Crippen molar-refractivity contribution < 1.29 is 9.18 Å². The molecule has 164 valence electrons. The molecule has 1 N–H and O–H groups in total. The van der Waals surface area contributed by atoms with Crippen LogP contribution in [0.2, 0.25) is 0 Å². The third-order valence-electron chi connectivity index (χ3n) is 5.26. The van der Waals surface area contributed by atoms with Crippen molar-refractivity contribution in [1.82, 2.24) is 19.7 Å². The maximum Gasteiger partial charge on any atom is 0.234 e. The van der Waals surface area contributed by atoms with Crippen molar-refractivity contribution in [3.8, 4) is 5.69 Å². The van der Waals surface area contributed by atoms with Crippen LogP contribution >= 0.6 is 11.8 Å². The molecule has 4 aromatic rings. The van der Waals surface area contributed by atoms with E-state index in [1.807, 2.05) is 73.0 Å². The topological polar surface area (TPSA) is 63.1 Å². The quantitative estimate of drug-likeness (QED) is 0.406. The highest BCUT2D eigenvalue weighted by atomic mass is 32.2. The van der Waals surface area contributed by atoms with E-state index >= 15 is 0 Å². The van der Waals surface area contributed by atoms with Crippen molar-refractivity contribution in [2.75, 3.05) is 25.2 Å². The zero-order chi connectivity index (χ0) is 22.7. The number of carbonyl (C=O) groups is 1. The van der Waals surface area contributed by atoms with Crippen LogP contribution in [0.3, 0.4) is 0 Å². The number of amides is 1. The highest BCUT2D eigenvalue weighted by Crippen LogP contribution is 2.27. The molecule has 0 saturated carbocycles. The Bertz CT molecular complexity index is 1240. The van der Waals surface area contributed by atoms with Crippen molar-refractivity contribution in [2.45, 2.75) is 18.1 Å². The molecule has 1 aromatic heterocycles. The van der Waals surface area contributed by atoms with Gasteiger partial charge in [-0.15, -0.1) is 10.2 Å². The molecule has 3 aromatic carbocycles. The smallest absolute Gasteiger partial charge is 0.234 e. The zero-order valence-corrected chi connectivity index (χ0v) is 18.9. The molecule has 32 heavy (non-hydrogen) atoms. The van der Waals surface area contributed by atoms with Gasteiger partial charge < -0.3 is 5.32 Å². The second kappa shape index (κ2) is 9.50. The Hall–Kier alpha value is -3.23. The average molecular weight is 450 g/mol. The highest BCUT2D eigenvalue weighted by Gasteiger charge is 2.21. The van der Waals surface area contributed by atoms with E-state index in [1.165, 1.54) is 23.9 Å². The van der Waals surface area contributed by atoms with E-state index in [0.717, 1.165) is 28.0 Å². The lowest BCUT2D eigenvalue weighted by Gasteiger charge is -2.20. The number of anilines is 1. The van der Waals surface area contributed by atoms with Gasteiger partial charge in [-0.3, -0.25) is 14.3 Å². The number of carbonyl (C=O) groups excluding carboxylic acids is 1. The predicted octanol–water partition coefficient (Wildman–Crippen LogP) is 4.91. The number of fused-ring (bicyclic) bond motifs is 1. The number of thioether (sulfide) groups is 1. The second-order valence-corrected chi connectivity index (χ2v) is 8.63. The zero-order valence-electron chi connectivity index (χ0n) is 18.1. The van der Waals surface area contributed by atoms with E-state index in [2.05, 4.69) is 15.5 Å². The molecule has 0 fully saturated rings. The van der Waals surface area contributed by atoms with Crippen LogP contribution in [-0.2, 0) is 4.79 Å². The number of benzene rings is 3. The highest BCUT2D eigenvalue weighted by molar-refractivity contribution is 7.99. The van der Waals surface area contributed by atoms with Crippen LogP contribution in [0.25, 0.3) is 16.5 Å². The number of nitrogens with one attached hydrogen (secondary N) is 1. The first kappa shape index (κ1) is 22.0. The second-order valence-electron chi connectivity index (χ2n) is 7.69. The summed E-state index contributed by atoms with van der Waals surface area (Å²) in [5, 5.41) is 14.4. The van der Waals surface area contributed by atoms with Crippen LogP contribution in [0, 0.1) is 5.82 Å². The van der Waals surface area contributed by atoms with Gasteiger partial charge in [-0.2, -0.15) is 0 Å². The molecule has 6 nitrogen and oxygen atoms in total. The number of nitrogens with zero attached hydrogens (tertiary/aromatic N) is 4. The average Bonchev–Trinajstić information content (AvgIpc) is 3.21. The van der Waals surface area contributed by atoms with E-state index in [1.54, 1.807) is 12.1 Å². The van der Waals surface area contributed by atoms with Gasteiger partial charge in [0.05, 0.1) is 11.8 Å². The van der Waals surface area contributed by atoms with Crippen LogP contribution in [0.5, 0.6) is 0 Å². The van der Waals surface area contributed by atoms with Gasteiger partial charge in [-0.1, -0.05) is 42.1 Å². The molecular weight excluding hydrogens is 425 g/mol. The first-order chi connectivity index (χ1) is 15.4. The summed E-state index contributed by atoms with van der Waals surface area (Å²) in [6, 6.07) is 20.0. The van der Waals surface area contributed by atoms with Crippen molar-refractivity contribution in [1.29, 1.82) is 0 Å². The fourth-order valence-electron chi connectivity index (χ4n) is 3.30. The Balaban J connectivity index is 1.53. The maximum absolute atomic E-state index is 13.5. The van der Waals surface area contributed by atoms with Crippen LogP contribution < -0.4 is 5.32 Å². The molecule has 1 atom stereocenters. The minimum absolute atomic E-state index is 0.0201. The SMILES string of the molecule is CC(c1nnc(SCC(=O)Nc2ccc3ccccc3c2)n1-c1ccc(F)cc1)N(C)C. The summed E-state index contributed by atoms with van der Waals surface area (Å²) in [7, 11) is 3.91. The third-order valence-corrected chi connectivity index (χ3v) is 6.19. The molecule has 0 radical (unpaired) electrons. The Morgan fingerprint density at radius 3 is 2.50 bits per heavy atom. The molecule has 0 spiro atoms. The van der Waals surface area contributed by atoms with E-state index in [0.29, 0.717) is 5.16 Å². The standard InChI is InChI=1S/C24H24FN5OS/c1-16(29(2)3)23-27-28-24(30(23)21-12-9-19(25)10-13-21)32-15-22(31)26-20-11-8-17-6-4-5-7-18(17)14-20/h4-14,16H,15H2,1-3H3,(H,26,31). The molecule has 0 bridgehead atoms. The van der Waals surface area contributed by atoms with Crippen LogP contribution in [-0.4, -0.2) is 45.4 Å². The summed E-state index contributed by atoms with van der Waals surface area (Å²) in [6.07, 6.45) is 0. The summed E-state index contributed by atoms with van der Waals surface area (Å²) in [5.74, 6) is 0.441. The number of halogens is 1. The Morgan fingerprint density at radius 1 is 1.06 bits per heavy atom. The summed E-state index contributed by atoms with van der Waals surface area (Å²) in [6.45, 7) is 2.02. The van der Waals surface area contributed by atoms with Crippen LogP contribution in [0.4, 0.5) is 10.1 Å². The van der Waals surface area contributed by atoms with Crippen molar-refractivity contribution in [2.24, 2.45) is 0 Å². The molecule has 1 unspecified atom stereocenters. The first-order valence-corrected chi connectivity index (χ1v) is 11.2. The van der Waals surface area contributed by atoms with Crippen molar-refractivity contribution >= 4 is 34.1 Å². The fraction of sp³-hybridized carbons (Fsp3) is 0.208. The van der Waals surface area contributed by atoms with Gasteiger partial charge >= 0.3 is 0 Å². The Labute approximate surface area is 190 Å². The van der Waals surface area contributed by atoms with Gasteiger partial charge in [0.15, 0.2) is 11.0 Å². The summed E-state index contributed by atoms with van der Waals surface area (Å²) in [4.78, 5) is 14.6. The molecule has 0 saturated heterocycles. The number of hydrogen-bond donors (Lipinski definition) is 1. The number of aromatic nitrogens is 3. The van der Waals surface area contributed by atoms with Gasteiger partial charge in [0.2, 0.25) is 5.91 Å². The summed E-state index contributed by atoms with van der Waals surface area (Å²) in [5.41, 5.74) is 1.49. The molecule has 4 rings (SSSR count). The molecule has 8 heteroatoms. The van der Waals surface area contributed by atoms with E-state index in [9.17, 15) is 9.18 Å².